The number of fused-ring (bicyclic) bond motifs is 1. The van der Waals surface area contributed by atoms with Gasteiger partial charge in [0.1, 0.15) is 6.04 Å². The van der Waals surface area contributed by atoms with E-state index in [1.165, 1.54) is 0 Å². The minimum atomic E-state index is -0.708. The topological polar surface area (TPSA) is 61.8 Å². The molecule has 0 aromatic heterocycles. The average Bonchev–Trinajstić information content (AvgIpc) is 2.71. The van der Waals surface area contributed by atoms with Crippen LogP contribution in [0.1, 0.15) is 25.7 Å². The van der Waals surface area contributed by atoms with Crippen LogP contribution >= 0.6 is 0 Å². The number of hydrogen-bond acceptors (Lipinski definition) is 4. The van der Waals surface area contributed by atoms with E-state index in [1.54, 1.807) is 0 Å². The quantitative estimate of drug-likeness (QED) is 0.705. The van der Waals surface area contributed by atoms with Crippen LogP contribution in [0.2, 0.25) is 0 Å². The minimum absolute atomic E-state index is 0.0107. The molecular weight excluding hydrogens is 232 g/mol. The standard InChI is InChI=1S/C13H22N2O3/c1-15-4-5-18-13(8-15)3-2-10-9(7-13)6-11(14-10)12(16)17/h9-11,14H,2-8H2,1H3,(H,16,17). The molecule has 0 amide bonds. The van der Waals surface area contributed by atoms with Crippen molar-refractivity contribution >= 4 is 5.97 Å². The second-order valence-corrected chi connectivity index (χ2v) is 6.17. The Morgan fingerprint density at radius 1 is 1.56 bits per heavy atom. The highest BCUT2D eigenvalue weighted by atomic mass is 16.5. The van der Waals surface area contributed by atoms with Crippen LogP contribution in [0.25, 0.3) is 0 Å². The second kappa shape index (κ2) is 4.47. The summed E-state index contributed by atoms with van der Waals surface area (Å²) in [5.41, 5.74) is -0.0107. The highest BCUT2D eigenvalue weighted by Crippen LogP contribution is 2.42. The molecule has 2 N–H and O–H groups in total. The van der Waals surface area contributed by atoms with Crippen molar-refractivity contribution < 1.29 is 14.6 Å². The van der Waals surface area contributed by atoms with Crippen molar-refractivity contribution in [3.63, 3.8) is 0 Å². The molecule has 1 spiro atoms. The average molecular weight is 254 g/mol. The molecule has 4 atom stereocenters. The number of likely N-dealkylation sites (N-methyl/N-ethyl adjacent to an activating group) is 1. The first-order valence-electron chi connectivity index (χ1n) is 6.89. The zero-order valence-corrected chi connectivity index (χ0v) is 10.9. The summed E-state index contributed by atoms with van der Waals surface area (Å²) in [5.74, 6) is -0.244. The van der Waals surface area contributed by atoms with Gasteiger partial charge >= 0.3 is 5.97 Å². The molecule has 1 saturated carbocycles. The number of morpholine rings is 1. The first-order chi connectivity index (χ1) is 8.58. The molecule has 2 heterocycles. The third-order valence-corrected chi connectivity index (χ3v) is 4.81. The van der Waals surface area contributed by atoms with Crippen LogP contribution in [0.3, 0.4) is 0 Å². The third-order valence-electron chi connectivity index (χ3n) is 4.81. The van der Waals surface area contributed by atoms with E-state index in [1.807, 2.05) is 0 Å². The Bertz CT molecular complexity index is 349. The third kappa shape index (κ3) is 2.15. The zero-order chi connectivity index (χ0) is 12.8. The zero-order valence-electron chi connectivity index (χ0n) is 10.9. The van der Waals surface area contributed by atoms with Gasteiger partial charge < -0.3 is 20.1 Å². The lowest BCUT2D eigenvalue weighted by molar-refractivity contribution is -0.139. The molecule has 3 fully saturated rings. The molecule has 0 radical (unpaired) electrons. The molecule has 0 bridgehead atoms. The summed E-state index contributed by atoms with van der Waals surface area (Å²) < 4.78 is 6.06. The Morgan fingerprint density at radius 3 is 3.11 bits per heavy atom. The predicted molar refractivity (Wildman–Crippen MR) is 66.5 cm³/mol. The van der Waals surface area contributed by atoms with Gasteiger partial charge in [0, 0.05) is 19.1 Å². The number of carbonyl (C=O) groups is 1. The summed E-state index contributed by atoms with van der Waals surface area (Å²) in [6.07, 6.45) is 3.87. The first-order valence-corrected chi connectivity index (χ1v) is 6.89. The van der Waals surface area contributed by atoms with Crippen molar-refractivity contribution in [2.75, 3.05) is 26.7 Å². The fraction of sp³-hybridized carbons (Fsp3) is 0.923. The highest BCUT2D eigenvalue weighted by Gasteiger charge is 2.48. The fourth-order valence-electron chi connectivity index (χ4n) is 3.95. The largest absolute Gasteiger partial charge is 0.480 e. The molecule has 4 unspecified atom stereocenters. The van der Waals surface area contributed by atoms with Gasteiger partial charge in [-0.2, -0.15) is 0 Å². The van der Waals surface area contributed by atoms with Crippen molar-refractivity contribution in [2.45, 2.75) is 43.4 Å². The maximum Gasteiger partial charge on any atom is 0.320 e. The van der Waals surface area contributed by atoms with E-state index in [2.05, 4.69) is 17.3 Å². The van der Waals surface area contributed by atoms with Gasteiger partial charge in [-0.05, 0) is 38.6 Å². The van der Waals surface area contributed by atoms with Crippen LogP contribution < -0.4 is 5.32 Å². The molecular formula is C13H22N2O3. The summed E-state index contributed by atoms with van der Waals surface area (Å²) in [6.45, 7) is 2.81. The number of rotatable bonds is 1. The van der Waals surface area contributed by atoms with Gasteiger partial charge in [0.25, 0.3) is 0 Å². The van der Waals surface area contributed by atoms with E-state index in [0.29, 0.717) is 12.0 Å². The molecule has 1 aliphatic carbocycles. The van der Waals surface area contributed by atoms with Crippen molar-refractivity contribution in [3.8, 4) is 0 Å². The summed E-state index contributed by atoms with van der Waals surface area (Å²) in [6, 6.07) is 0.0315. The maximum absolute atomic E-state index is 11.1. The smallest absolute Gasteiger partial charge is 0.320 e. The van der Waals surface area contributed by atoms with Crippen LogP contribution in [-0.2, 0) is 9.53 Å². The Morgan fingerprint density at radius 2 is 2.39 bits per heavy atom. The number of nitrogens with zero attached hydrogens (tertiary/aromatic N) is 1. The van der Waals surface area contributed by atoms with Crippen molar-refractivity contribution in [2.24, 2.45) is 5.92 Å². The van der Waals surface area contributed by atoms with Gasteiger partial charge in [0.2, 0.25) is 0 Å². The molecule has 18 heavy (non-hydrogen) atoms. The Hall–Kier alpha value is -0.650. The molecule has 2 aliphatic heterocycles. The van der Waals surface area contributed by atoms with E-state index < -0.39 is 5.97 Å². The van der Waals surface area contributed by atoms with Gasteiger partial charge in [-0.15, -0.1) is 0 Å². The number of carboxylic acid groups (broad SMARTS) is 1. The van der Waals surface area contributed by atoms with Gasteiger partial charge in [-0.1, -0.05) is 0 Å². The van der Waals surface area contributed by atoms with E-state index >= 15 is 0 Å². The number of carboxylic acids is 1. The second-order valence-electron chi connectivity index (χ2n) is 6.17. The molecule has 3 aliphatic rings. The number of nitrogens with one attached hydrogen (secondary N) is 1. The van der Waals surface area contributed by atoms with Gasteiger partial charge in [-0.3, -0.25) is 4.79 Å². The van der Waals surface area contributed by atoms with Crippen LogP contribution in [0.4, 0.5) is 0 Å². The van der Waals surface area contributed by atoms with Gasteiger partial charge in [-0.25, -0.2) is 0 Å². The molecule has 2 saturated heterocycles. The van der Waals surface area contributed by atoms with Gasteiger partial charge in [0.05, 0.1) is 12.2 Å². The molecule has 5 nitrogen and oxygen atoms in total. The lowest BCUT2D eigenvalue weighted by Crippen LogP contribution is -2.55. The van der Waals surface area contributed by atoms with Crippen molar-refractivity contribution in [3.05, 3.63) is 0 Å². The summed E-state index contributed by atoms with van der Waals surface area (Å²) in [4.78, 5) is 13.4. The number of ether oxygens (including phenoxy) is 1. The molecule has 0 aromatic carbocycles. The maximum atomic E-state index is 11.1. The molecule has 3 rings (SSSR count). The van der Waals surface area contributed by atoms with Crippen molar-refractivity contribution in [1.29, 1.82) is 0 Å². The molecule has 5 heteroatoms. The monoisotopic (exact) mass is 254 g/mol. The Labute approximate surface area is 107 Å². The highest BCUT2D eigenvalue weighted by molar-refractivity contribution is 5.74. The van der Waals surface area contributed by atoms with Crippen molar-refractivity contribution in [1.82, 2.24) is 10.2 Å². The van der Waals surface area contributed by atoms with E-state index in [9.17, 15) is 4.79 Å². The normalized spacial score (nSPS) is 45.1. The lowest BCUT2D eigenvalue weighted by atomic mass is 9.74. The molecule has 0 aromatic rings. The first kappa shape index (κ1) is 12.4. The van der Waals surface area contributed by atoms with Crippen LogP contribution in [0.15, 0.2) is 0 Å². The van der Waals surface area contributed by atoms with Crippen LogP contribution in [0.5, 0.6) is 0 Å². The summed E-state index contributed by atoms with van der Waals surface area (Å²) in [7, 11) is 2.14. The van der Waals surface area contributed by atoms with Crippen LogP contribution in [-0.4, -0.2) is 60.4 Å². The number of aliphatic carboxylic acids is 1. The molecule has 102 valence electrons. The predicted octanol–water partition coefficient (Wildman–Crippen LogP) is 0.302. The van der Waals surface area contributed by atoms with E-state index in [-0.39, 0.29) is 11.6 Å². The SMILES string of the molecule is CN1CCOC2(CCC3NC(C(=O)O)CC3C2)C1. The lowest BCUT2D eigenvalue weighted by Gasteiger charge is -2.47. The van der Waals surface area contributed by atoms with E-state index in [0.717, 1.165) is 45.4 Å². The van der Waals surface area contributed by atoms with Gasteiger partial charge in [0.15, 0.2) is 0 Å². The minimum Gasteiger partial charge on any atom is -0.480 e. The summed E-state index contributed by atoms with van der Waals surface area (Å²) >= 11 is 0. The Balaban J connectivity index is 1.68. The number of hydrogen-bond donors (Lipinski definition) is 2. The van der Waals surface area contributed by atoms with E-state index in [4.69, 9.17) is 9.84 Å². The summed E-state index contributed by atoms with van der Waals surface area (Å²) in [5, 5.41) is 12.4. The van der Waals surface area contributed by atoms with Crippen LogP contribution in [0, 0.1) is 5.92 Å². The Kier molecular flexibility index (Phi) is 3.08. The fourth-order valence-corrected chi connectivity index (χ4v) is 3.95.